The van der Waals surface area contributed by atoms with Gasteiger partial charge in [-0.05, 0) is 60.7 Å². The second-order valence-corrected chi connectivity index (χ2v) is 18.1. The Morgan fingerprint density at radius 3 is 1.22 bits per heavy atom. The second kappa shape index (κ2) is 21.7. The van der Waals surface area contributed by atoms with E-state index in [1.54, 1.807) is 41.5 Å². The average Bonchev–Trinajstić information content (AvgIpc) is 3.73. The first-order valence-electron chi connectivity index (χ1n) is 19.0. The van der Waals surface area contributed by atoms with Gasteiger partial charge in [-0.3, -0.25) is 13.7 Å². The molecule has 0 aromatic rings. The SMILES string of the molecule is [2H]C(C([2H])P(=O)(O)CO)[C@H]1OC[C@H](F)[C@@H]1OC(C)C.[2H]C(C([2H])P(=O)(O)O)[C@H]1OC[C@H](F)[C@@H]1OC(C)C.[2H]C(C([2H])P(C)(=O)O)[C@H]1OC[C@H](F)[C@@H]1OC(C)C. The number of aliphatic hydroxyl groups is 1. The molecule has 17 atom stereocenters. The van der Waals surface area contributed by atoms with Crippen LogP contribution in [-0.2, 0) is 42.1 Å². The summed E-state index contributed by atoms with van der Waals surface area (Å²) in [7, 11) is -12.6. The van der Waals surface area contributed by atoms with E-state index in [9.17, 15) is 36.7 Å². The minimum Gasteiger partial charge on any atom is -0.386 e. The molecule has 0 radical (unpaired) electrons. The van der Waals surface area contributed by atoms with Crippen molar-refractivity contribution in [2.45, 2.75) is 134 Å². The summed E-state index contributed by atoms with van der Waals surface area (Å²) in [6, 6.07) is 0. The summed E-state index contributed by atoms with van der Waals surface area (Å²) in [4.78, 5) is 36.4. The van der Waals surface area contributed by atoms with E-state index in [1.165, 1.54) is 0 Å². The molecule has 3 fully saturated rings. The van der Waals surface area contributed by atoms with Crippen LogP contribution in [0.25, 0.3) is 0 Å². The van der Waals surface area contributed by atoms with Crippen molar-refractivity contribution < 1.29 is 88.2 Å². The minimum absolute atomic E-state index is 0.205. The number of halogens is 3. The number of alkyl halides is 3. The summed E-state index contributed by atoms with van der Waals surface area (Å²) in [5.74, 6) is 0. The predicted molar refractivity (Wildman–Crippen MR) is 177 cm³/mol. The summed E-state index contributed by atoms with van der Waals surface area (Å²) in [6.07, 6.45) is -22.0. The first-order valence-corrected chi connectivity index (χ1v) is 21.3. The zero-order chi connectivity index (χ0) is 43.0. The molecule has 5 N–H and O–H groups in total. The number of ether oxygens (including phenoxy) is 6. The third-order valence-corrected chi connectivity index (χ3v) is 8.74. The highest BCUT2D eigenvalue weighted by molar-refractivity contribution is 7.57. The lowest BCUT2D eigenvalue weighted by Crippen LogP contribution is -2.33. The van der Waals surface area contributed by atoms with Crippen LogP contribution in [0.4, 0.5) is 13.2 Å². The van der Waals surface area contributed by atoms with E-state index in [1.807, 2.05) is 0 Å². The zero-order valence-corrected chi connectivity index (χ0v) is 31.3. The van der Waals surface area contributed by atoms with Crippen LogP contribution in [0.5, 0.6) is 0 Å². The quantitative estimate of drug-likeness (QED) is 0.140. The van der Waals surface area contributed by atoms with Gasteiger partial charge in [0.05, 0.1) is 62.6 Å². The summed E-state index contributed by atoms with van der Waals surface area (Å²) < 4.78 is 151. The van der Waals surface area contributed by atoms with Gasteiger partial charge in [0, 0.05) is 27.2 Å². The lowest BCUT2D eigenvalue weighted by molar-refractivity contribution is -0.0528. The Labute approximate surface area is 296 Å². The lowest BCUT2D eigenvalue weighted by Gasteiger charge is -2.22. The number of rotatable bonds is 16. The molecule has 0 spiro atoms. The van der Waals surface area contributed by atoms with Crippen molar-refractivity contribution in [1.29, 1.82) is 0 Å². The average molecular weight is 787 g/mol. The maximum Gasteiger partial charge on any atom is 0.325 e. The third kappa shape index (κ3) is 19.6. The largest absolute Gasteiger partial charge is 0.386 e. The van der Waals surface area contributed by atoms with Crippen LogP contribution in [0.15, 0.2) is 0 Å². The van der Waals surface area contributed by atoms with Gasteiger partial charge in [-0.15, -0.1) is 0 Å². The second-order valence-electron chi connectivity index (χ2n) is 12.3. The Kier molecular flexibility index (Phi) is 16.5. The Hall–Kier alpha value is 0.0400. The molecule has 0 bridgehead atoms. The van der Waals surface area contributed by atoms with Gasteiger partial charge in [0.15, 0.2) is 25.9 Å². The summed E-state index contributed by atoms with van der Waals surface area (Å²) in [6.45, 7) is 10.5. The molecule has 0 aromatic carbocycles. The fraction of sp³-hybridized carbons (Fsp3) is 1.00. The number of hydrogen-bond acceptors (Lipinski definition) is 10. The molecule has 49 heavy (non-hydrogen) atoms. The maximum absolute atomic E-state index is 13.6. The molecule has 3 aliphatic rings. The van der Waals surface area contributed by atoms with Crippen molar-refractivity contribution in [2.24, 2.45) is 0 Å². The summed E-state index contributed by atoms with van der Waals surface area (Å²) in [5.41, 5.74) is 0. The predicted octanol–water partition coefficient (Wildman–Crippen LogP) is 4.02. The van der Waals surface area contributed by atoms with Crippen LogP contribution in [0.2, 0.25) is 0 Å². The van der Waals surface area contributed by atoms with E-state index < -0.39 is 121 Å². The molecule has 20 heteroatoms. The van der Waals surface area contributed by atoms with Crippen LogP contribution < -0.4 is 0 Å². The van der Waals surface area contributed by atoms with Crippen LogP contribution in [0.1, 0.15) is 69.0 Å². The van der Waals surface area contributed by atoms with Gasteiger partial charge in [0.1, 0.15) is 24.7 Å². The standard InChI is InChI=1S/C10H20FO5P.C10H20FO4P.C9H18FO5P/c1-7(2)16-10-8(11)5-15-9(10)3-4-17(13,14)6-12;1-7(2)15-10-8(11)6-14-9(10)4-5-16(3,12)13;1-6(2)15-9-7(10)5-14-8(9)3-4-16(11,12)13/h7-10,12H,3-6H2,1-2H3,(H,13,14);7-10H,4-6H2,1-3H3,(H,12,13);6-9H,3-5H2,1-2H3,(H2,11,12,13)/t2*8-,9+,10-;7-,8+,9-/m000/s1/i3D,4D;4D,5D;3D,4D/t3?,4?,8-,9+,10-;4?,5?,8-,9+,10-;3?,4?,7-,8+,9-. The van der Waals surface area contributed by atoms with E-state index in [0.717, 1.165) is 6.66 Å². The van der Waals surface area contributed by atoms with Crippen molar-refractivity contribution in [1.82, 2.24) is 0 Å². The maximum atomic E-state index is 13.6. The van der Waals surface area contributed by atoms with Crippen molar-refractivity contribution in [3.8, 4) is 0 Å². The van der Waals surface area contributed by atoms with Gasteiger partial charge in [-0.25, -0.2) is 13.2 Å². The lowest BCUT2D eigenvalue weighted by atomic mass is 10.1. The van der Waals surface area contributed by atoms with Gasteiger partial charge in [-0.2, -0.15) is 0 Å². The van der Waals surface area contributed by atoms with Crippen molar-refractivity contribution >= 4 is 22.3 Å². The Bertz CT molecular complexity index is 1230. The molecular formula is C29H58F3O14P3. The van der Waals surface area contributed by atoms with E-state index in [2.05, 4.69) is 0 Å². The Balaban J connectivity index is 0.000000413. The van der Waals surface area contributed by atoms with Gasteiger partial charge in [-0.1, -0.05) is 0 Å². The molecular weight excluding hydrogens is 722 g/mol. The molecule has 0 aliphatic carbocycles. The number of hydrogen-bond donors (Lipinski definition) is 5. The highest BCUT2D eigenvalue weighted by Gasteiger charge is 2.41. The molecule has 0 aromatic heterocycles. The molecule has 14 nitrogen and oxygen atoms in total. The van der Waals surface area contributed by atoms with Crippen LogP contribution in [0, 0.1) is 0 Å². The molecule has 0 amide bonds. The topological polar surface area (TPSA) is 208 Å². The van der Waals surface area contributed by atoms with Gasteiger partial charge < -0.3 is 53.1 Å². The van der Waals surface area contributed by atoms with Crippen LogP contribution >= 0.6 is 22.3 Å². The molecule has 8 unspecified atom stereocenters. The van der Waals surface area contributed by atoms with E-state index >= 15 is 0 Å². The first-order chi connectivity index (χ1) is 25.0. The van der Waals surface area contributed by atoms with Crippen LogP contribution in [-0.4, -0.2) is 149 Å². The van der Waals surface area contributed by atoms with Crippen molar-refractivity contribution in [3.05, 3.63) is 0 Å². The van der Waals surface area contributed by atoms with Gasteiger partial charge >= 0.3 is 7.60 Å². The monoisotopic (exact) mass is 786 g/mol. The Morgan fingerprint density at radius 2 is 0.959 bits per heavy atom. The normalized spacial score (nSPS) is 38.4. The first kappa shape index (κ1) is 37.4. The fourth-order valence-electron chi connectivity index (χ4n) is 4.43. The van der Waals surface area contributed by atoms with Gasteiger partial charge in [0.2, 0.25) is 7.37 Å². The highest BCUT2D eigenvalue weighted by atomic mass is 31.2. The van der Waals surface area contributed by atoms with Crippen molar-refractivity contribution in [3.63, 3.8) is 0 Å². The molecule has 0 saturated carbocycles. The smallest absolute Gasteiger partial charge is 0.325 e. The molecule has 294 valence electrons. The Morgan fingerprint density at radius 1 is 0.653 bits per heavy atom. The van der Waals surface area contributed by atoms with Crippen molar-refractivity contribution in [2.75, 3.05) is 51.2 Å². The van der Waals surface area contributed by atoms with E-state index in [0.29, 0.717) is 0 Å². The fourth-order valence-corrected chi connectivity index (χ4v) is 5.85. The van der Waals surface area contributed by atoms with Crippen LogP contribution in [0.3, 0.4) is 0 Å². The molecule has 3 aliphatic heterocycles. The summed E-state index contributed by atoms with van der Waals surface area (Å²) in [5, 5.41) is 8.76. The highest BCUT2D eigenvalue weighted by Crippen LogP contribution is 2.41. The molecule has 3 heterocycles. The molecule has 3 saturated heterocycles. The third-order valence-electron chi connectivity index (χ3n) is 6.41. The summed E-state index contributed by atoms with van der Waals surface area (Å²) >= 11 is 0. The molecule has 3 rings (SSSR count). The number of aliphatic hydroxyl groups excluding tert-OH is 1. The van der Waals surface area contributed by atoms with Gasteiger partial charge in [0.25, 0.3) is 0 Å². The van der Waals surface area contributed by atoms with E-state index in [-0.39, 0.29) is 38.1 Å². The minimum atomic E-state index is -4.72. The van der Waals surface area contributed by atoms with E-state index in [4.69, 9.17) is 51.5 Å². The zero-order valence-electron chi connectivity index (χ0n) is 34.6.